The molecule has 3 nitrogen and oxygen atoms in total. The highest BCUT2D eigenvalue weighted by molar-refractivity contribution is 5.97. The van der Waals surface area contributed by atoms with E-state index < -0.39 is 0 Å². The van der Waals surface area contributed by atoms with E-state index in [1.165, 1.54) is 5.57 Å². The van der Waals surface area contributed by atoms with Crippen LogP contribution in [0.3, 0.4) is 0 Å². The van der Waals surface area contributed by atoms with Crippen molar-refractivity contribution in [1.29, 1.82) is 0 Å². The van der Waals surface area contributed by atoms with Crippen LogP contribution in [0.5, 0.6) is 5.75 Å². The Morgan fingerprint density at radius 2 is 2.11 bits per heavy atom. The second-order valence-electron chi connectivity index (χ2n) is 4.46. The van der Waals surface area contributed by atoms with Crippen LogP contribution in [0, 0.1) is 0 Å². The molecule has 0 saturated carbocycles. The third-order valence-corrected chi connectivity index (χ3v) is 3.19. The molecule has 1 aromatic carbocycles. The lowest BCUT2D eigenvalue weighted by Gasteiger charge is -2.09. The van der Waals surface area contributed by atoms with Gasteiger partial charge in [-0.3, -0.25) is 0 Å². The molecule has 0 amide bonds. The summed E-state index contributed by atoms with van der Waals surface area (Å²) >= 11 is 0. The summed E-state index contributed by atoms with van der Waals surface area (Å²) in [4.78, 5) is 4.56. The van der Waals surface area contributed by atoms with Crippen LogP contribution in [0.4, 0.5) is 0 Å². The number of benzene rings is 1. The second-order valence-corrected chi connectivity index (χ2v) is 4.46. The third-order valence-electron chi connectivity index (χ3n) is 3.19. The van der Waals surface area contributed by atoms with E-state index in [-0.39, 0.29) is 11.8 Å². The number of allylic oxidation sites excluding steroid dienone is 2. The zero-order valence-corrected chi connectivity index (χ0v) is 10.0. The van der Waals surface area contributed by atoms with Crippen molar-refractivity contribution < 1.29 is 9.84 Å². The first-order chi connectivity index (χ1) is 8.84. The van der Waals surface area contributed by atoms with Crippen LogP contribution < -0.4 is 0 Å². The molecule has 1 aliphatic heterocycles. The van der Waals surface area contributed by atoms with E-state index in [1.807, 2.05) is 12.1 Å². The summed E-state index contributed by atoms with van der Waals surface area (Å²) in [6.45, 7) is 0.555. The van der Waals surface area contributed by atoms with E-state index in [4.69, 9.17) is 4.74 Å². The average Bonchev–Trinajstić information content (AvgIpc) is 2.90. The topological polar surface area (TPSA) is 41.8 Å². The Kier molecular flexibility index (Phi) is 2.89. The molecule has 0 unspecified atom stereocenters. The van der Waals surface area contributed by atoms with E-state index in [0.717, 1.165) is 12.8 Å². The summed E-state index contributed by atoms with van der Waals surface area (Å²) in [5, 5.41) is 9.78. The van der Waals surface area contributed by atoms with Gasteiger partial charge >= 0.3 is 0 Å². The maximum atomic E-state index is 9.78. The molecule has 2 aliphatic rings. The van der Waals surface area contributed by atoms with Crippen LogP contribution in [0.15, 0.2) is 53.1 Å². The predicted molar refractivity (Wildman–Crippen MR) is 70.8 cm³/mol. The molecule has 0 saturated heterocycles. The highest BCUT2D eigenvalue weighted by Gasteiger charge is 2.24. The number of hydrogen-bond acceptors (Lipinski definition) is 3. The first-order valence-electron chi connectivity index (χ1n) is 6.20. The summed E-state index contributed by atoms with van der Waals surface area (Å²) in [5.41, 5.74) is 1.88. The second kappa shape index (κ2) is 4.69. The highest BCUT2D eigenvalue weighted by atomic mass is 16.5. The number of phenols is 1. The summed E-state index contributed by atoms with van der Waals surface area (Å²) in [7, 11) is 0. The van der Waals surface area contributed by atoms with Crippen molar-refractivity contribution in [2.45, 2.75) is 18.9 Å². The fourth-order valence-electron chi connectivity index (χ4n) is 2.23. The molecule has 0 bridgehead atoms. The monoisotopic (exact) mass is 241 g/mol. The van der Waals surface area contributed by atoms with E-state index in [9.17, 15) is 5.11 Å². The van der Waals surface area contributed by atoms with Gasteiger partial charge in [0.25, 0.3) is 0 Å². The Hall–Kier alpha value is -2.03. The lowest BCUT2D eigenvalue weighted by atomic mass is 10.0. The van der Waals surface area contributed by atoms with Gasteiger partial charge in [0.05, 0.1) is 5.56 Å². The largest absolute Gasteiger partial charge is 0.507 e. The van der Waals surface area contributed by atoms with Crippen molar-refractivity contribution in [2.75, 3.05) is 6.61 Å². The van der Waals surface area contributed by atoms with E-state index in [0.29, 0.717) is 18.1 Å². The minimum absolute atomic E-state index is 0.0659. The lowest BCUT2D eigenvalue weighted by molar-refractivity contribution is 0.328. The van der Waals surface area contributed by atoms with Crippen LogP contribution in [0.2, 0.25) is 0 Å². The van der Waals surface area contributed by atoms with Crippen LogP contribution in [-0.2, 0) is 4.74 Å². The van der Waals surface area contributed by atoms with Gasteiger partial charge in [0.15, 0.2) is 0 Å². The van der Waals surface area contributed by atoms with E-state index in [2.05, 4.69) is 23.2 Å². The van der Waals surface area contributed by atoms with Crippen molar-refractivity contribution >= 4 is 5.90 Å². The Bertz CT molecular complexity index is 543. The molecule has 3 heteroatoms. The van der Waals surface area contributed by atoms with Crippen molar-refractivity contribution in [2.24, 2.45) is 4.99 Å². The van der Waals surface area contributed by atoms with Gasteiger partial charge in [-0.05, 0) is 30.5 Å². The first kappa shape index (κ1) is 11.1. The van der Waals surface area contributed by atoms with Crippen LogP contribution >= 0.6 is 0 Å². The number of rotatable bonds is 2. The number of ether oxygens (including phenoxy) is 1. The number of nitrogens with zero attached hydrogens (tertiary/aromatic N) is 1. The van der Waals surface area contributed by atoms with Gasteiger partial charge < -0.3 is 9.84 Å². The number of phenolic OH excluding ortho intramolecular Hbond substituents is 1. The fourth-order valence-corrected chi connectivity index (χ4v) is 2.23. The summed E-state index contributed by atoms with van der Waals surface area (Å²) in [6, 6.07) is 7.19. The van der Waals surface area contributed by atoms with Crippen LogP contribution in [0.1, 0.15) is 18.4 Å². The molecule has 0 fully saturated rings. The van der Waals surface area contributed by atoms with Gasteiger partial charge in [0.1, 0.15) is 18.4 Å². The van der Waals surface area contributed by atoms with E-state index in [1.54, 1.807) is 12.1 Å². The standard InChI is InChI=1S/C15H15NO2/c17-14-9-5-4-8-12(14)15-16-13(10-18-15)11-6-2-1-3-7-11/h2,4-9,13,17H,1,3,10H2/t13-/m1/s1. The average molecular weight is 241 g/mol. The Balaban J connectivity index is 1.86. The maximum absolute atomic E-state index is 9.78. The minimum atomic E-state index is 0.0659. The van der Waals surface area contributed by atoms with Gasteiger partial charge in [0, 0.05) is 0 Å². The van der Waals surface area contributed by atoms with Gasteiger partial charge in [-0.1, -0.05) is 30.4 Å². The first-order valence-corrected chi connectivity index (χ1v) is 6.20. The third kappa shape index (κ3) is 2.04. The minimum Gasteiger partial charge on any atom is -0.507 e. The molecule has 18 heavy (non-hydrogen) atoms. The number of aromatic hydroxyl groups is 1. The van der Waals surface area contributed by atoms with E-state index >= 15 is 0 Å². The van der Waals surface area contributed by atoms with Crippen molar-refractivity contribution in [3.8, 4) is 5.75 Å². The summed E-state index contributed by atoms with van der Waals surface area (Å²) in [6.07, 6.45) is 8.68. The zero-order chi connectivity index (χ0) is 12.4. The number of para-hydroxylation sites is 1. The molecule has 3 rings (SSSR count). The van der Waals surface area contributed by atoms with Crippen LogP contribution in [-0.4, -0.2) is 23.7 Å². The molecule has 1 aliphatic carbocycles. The summed E-state index contributed by atoms with van der Waals surface area (Å²) < 4.78 is 5.60. The Morgan fingerprint density at radius 3 is 2.89 bits per heavy atom. The van der Waals surface area contributed by atoms with Gasteiger partial charge in [-0.15, -0.1) is 0 Å². The zero-order valence-electron chi connectivity index (χ0n) is 10.0. The molecule has 0 aromatic heterocycles. The summed E-state index contributed by atoms with van der Waals surface area (Å²) in [5.74, 6) is 0.753. The quantitative estimate of drug-likeness (QED) is 0.865. The van der Waals surface area contributed by atoms with Gasteiger partial charge in [-0.25, -0.2) is 4.99 Å². The SMILES string of the molecule is Oc1ccccc1C1=N[C@@H](C2=CCCC=C2)CO1. The van der Waals surface area contributed by atoms with Gasteiger partial charge in [-0.2, -0.15) is 0 Å². The Morgan fingerprint density at radius 1 is 1.22 bits per heavy atom. The Labute approximate surface area is 106 Å². The molecule has 92 valence electrons. The van der Waals surface area contributed by atoms with Crippen LogP contribution in [0.25, 0.3) is 0 Å². The molecule has 1 atom stereocenters. The maximum Gasteiger partial charge on any atom is 0.220 e. The number of aliphatic imine (C=N–C) groups is 1. The smallest absolute Gasteiger partial charge is 0.220 e. The van der Waals surface area contributed by atoms with Gasteiger partial charge in [0.2, 0.25) is 5.90 Å². The highest BCUT2D eigenvalue weighted by Crippen LogP contribution is 2.25. The molecule has 0 radical (unpaired) electrons. The van der Waals surface area contributed by atoms with Crippen molar-refractivity contribution in [1.82, 2.24) is 0 Å². The van der Waals surface area contributed by atoms with Crippen molar-refractivity contribution in [3.63, 3.8) is 0 Å². The molecule has 1 aromatic rings. The predicted octanol–water partition coefficient (Wildman–Crippen LogP) is 2.81. The molecule has 1 N–H and O–H groups in total. The molecular weight excluding hydrogens is 226 g/mol. The molecule has 1 heterocycles. The molecular formula is C15H15NO2. The fraction of sp³-hybridized carbons (Fsp3) is 0.267. The lowest BCUT2D eigenvalue weighted by Crippen LogP contribution is -2.09. The van der Waals surface area contributed by atoms with Crippen molar-refractivity contribution in [3.05, 3.63) is 53.6 Å². The molecule has 0 spiro atoms. The normalized spacial score (nSPS) is 22.3. The number of hydrogen-bond donors (Lipinski definition) is 1.